The highest BCUT2D eigenvalue weighted by molar-refractivity contribution is 8.00. The zero-order valence-corrected chi connectivity index (χ0v) is 17.7. The van der Waals surface area contributed by atoms with Crippen LogP contribution in [-0.4, -0.2) is 61.5 Å². The number of piperidine rings is 1. The molecule has 0 N–H and O–H groups in total. The Hall–Kier alpha value is -0.0300. The van der Waals surface area contributed by atoms with Crippen LogP contribution in [0.5, 0.6) is 0 Å². The first-order valence-electron chi connectivity index (χ1n) is 10.9. The Morgan fingerprint density at radius 2 is 1.88 bits per heavy atom. The molecule has 26 heavy (non-hydrogen) atoms. The van der Waals surface area contributed by atoms with Gasteiger partial charge in [-0.15, -0.1) is 0 Å². The van der Waals surface area contributed by atoms with Crippen molar-refractivity contribution >= 4 is 11.8 Å². The summed E-state index contributed by atoms with van der Waals surface area (Å²) < 4.78 is 12.1. The Kier molecular flexibility index (Phi) is 6.34. The lowest BCUT2D eigenvalue weighted by Gasteiger charge is -2.52. The van der Waals surface area contributed by atoms with E-state index in [2.05, 4.69) is 30.6 Å². The molecule has 148 valence electrons. The molecule has 2 saturated carbocycles. The fourth-order valence-electron chi connectivity index (χ4n) is 6.07. The second-order valence-electron chi connectivity index (χ2n) is 8.80. The first kappa shape index (κ1) is 19.3. The monoisotopic (exact) mass is 379 g/mol. The van der Waals surface area contributed by atoms with E-state index >= 15 is 0 Å². The molecule has 3 nitrogen and oxygen atoms in total. The molecule has 4 heteroatoms. The number of nitrogens with zero attached hydrogens (tertiary/aromatic N) is 1. The molecule has 0 aromatic rings. The third kappa shape index (κ3) is 3.76. The molecule has 2 saturated heterocycles. The first-order chi connectivity index (χ1) is 12.7. The van der Waals surface area contributed by atoms with Crippen LogP contribution in [0.1, 0.15) is 58.3 Å². The summed E-state index contributed by atoms with van der Waals surface area (Å²) in [4.78, 5) is 2.50. The highest BCUT2D eigenvalue weighted by Crippen LogP contribution is 2.55. The van der Waals surface area contributed by atoms with Crippen molar-refractivity contribution in [3.63, 3.8) is 0 Å². The second kappa shape index (κ2) is 8.55. The summed E-state index contributed by atoms with van der Waals surface area (Å²) in [5.41, 5.74) is 3.68. The Balaban J connectivity index is 1.65. The van der Waals surface area contributed by atoms with Crippen LogP contribution >= 0.6 is 11.8 Å². The van der Waals surface area contributed by atoms with Crippen LogP contribution in [0.15, 0.2) is 11.1 Å². The molecule has 0 radical (unpaired) electrons. The van der Waals surface area contributed by atoms with E-state index in [9.17, 15) is 0 Å². The lowest BCUT2D eigenvalue weighted by molar-refractivity contribution is 0.0150. The maximum atomic E-state index is 6.06. The lowest BCUT2D eigenvalue weighted by Crippen LogP contribution is -2.48. The number of likely N-dealkylation sites (tertiary alicyclic amines) is 1. The Morgan fingerprint density at radius 3 is 2.62 bits per heavy atom. The van der Waals surface area contributed by atoms with Crippen LogP contribution in [0.25, 0.3) is 0 Å². The smallest absolute Gasteiger partial charge is 0.0647 e. The van der Waals surface area contributed by atoms with E-state index in [-0.39, 0.29) is 0 Å². The van der Waals surface area contributed by atoms with Crippen LogP contribution in [0.4, 0.5) is 0 Å². The molecule has 2 heterocycles. The molecule has 0 bridgehead atoms. The topological polar surface area (TPSA) is 21.7 Å². The van der Waals surface area contributed by atoms with E-state index in [0.29, 0.717) is 18.1 Å². The maximum Gasteiger partial charge on any atom is 0.0647 e. The molecular weight excluding hydrogens is 342 g/mol. The number of methoxy groups -OCH3 is 1. The van der Waals surface area contributed by atoms with Crippen LogP contribution in [0.2, 0.25) is 0 Å². The van der Waals surface area contributed by atoms with Gasteiger partial charge in [0.15, 0.2) is 0 Å². The van der Waals surface area contributed by atoms with Crippen molar-refractivity contribution in [3.8, 4) is 0 Å². The lowest BCUT2D eigenvalue weighted by atomic mass is 9.68. The number of rotatable bonds is 3. The minimum Gasteiger partial charge on any atom is -0.381 e. The van der Waals surface area contributed by atoms with Gasteiger partial charge in [0.05, 0.1) is 12.2 Å². The van der Waals surface area contributed by atoms with Gasteiger partial charge in [0.1, 0.15) is 0 Å². The van der Waals surface area contributed by atoms with Gasteiger partial charge in [-0.3, -0.25) is 0 Å². The fourth-order valence-corrected chi connectivity index (χ4v) is 8.11. The molecule has 4 rings (SSSR count). The standard InChI is InChI=1S/C22H37NO2S/c1-4-25-16-8-9-17-20(14-16)26-19-7-5-6-18(24-3)22(19)21(17)15-10-12-23(2)13-11-15/h16-20,22H,4-14H2,1-3H3. The van der Waals surface area contributed by atoms with Crippen molar-refractivity contribution in [1.82, 2.24) is 4.90 Å². The zero-order chi connectivity index (χ0) is 18.1. The Labute approximate surface area is 164 Å². The predicted octanol–water partition coefficient (Wildman–Crippen LogP) is 4.51. The molecular formula is C22H37NO2S. The molecule has 2 aliphatic heterocycles. The van der Waals surface area contributed by atoms with E-state index in [1.54, 1.807) is 0 Å². The summed E-state index contributed by atoms with van der Waals surface area (Å²) in [5, 5.41) is 1.55. The highest BCUT2D eigenvalue weighted by atomic mass is 32.2. The zero-order valence-electron chi connectivity index (χ0n) is 16.9. The molecule has 0 aromatic carbocycles. The van der Waals surface area contributed by atoms with E-state index in [1.807, 2.05) is 18.3 Å². The number of hydrogen-bond acceptors (Lipinski definition) is 4. The van der Waals surface area contributed by atoms with Gasteiger partial charge >= 0.3 is 0 Å². The van der Waals surface area contributed by atoms with Gasteiger partial charge in [-0.05, 0) is 71.3 Å². The minimum absolute atomic E-state index is 0.453. The van der Waals surface area contributed by atoms with Gasteiger partial charge in [0.2, 0.25) is 0 Å². The van der Waals surface area contributed by atoms with E-state index in [4.69, 9.17) is 9.47 Å². The molecule has 0 spiro atoms. The summed E-state index contributed by atoms with van der Waals surface area (Å²) in [7, 11) is 4.22. The van der Waals surface area contributed by atoms with Crippen LogP contribution in [0.3, 0.4) is 0 Å². The predicted molar refractivity (Wildman–Crippen MR) is 110 cm³/mol. The van der Waals surface area contributed by atoms with Gasteiger partial charge in [-0.25, -0.2) is 0 Å². The molecule has 4 fully saturated rings. The normalized spacial score (nSPS) is 41.7. The number of hydrogen-bond donors (Lipinski definition) is 0. The van der Waals surface area contributed by atoms with Crippen LogP contribution < -0.4 is 0 Å². The van der Waals surface area contributed by atoms with Crippen molar-refractivity contribution in [1.29, 1.82) is 0 Å². The summed E-state index contributed by atoms with van der Waals surface area (Å²) in [6.45, 7) is 5.48. The van der Waals surface area contributed by atoms with Gasteiger partial charge in [0, 0.05) is 43.2 Å². The van der Waals surface area contributed by atoms with Gasteiger partial charge in [0.25, 0.3) is 0 Å². The molecule has 2 aliphatic carbocycles. The average molecular weight is 380 g/mol. The fraction of sp³-hybridized carbons (Fsp3) is 0.909. The summed E-state index contributed by atoms with van der Waals surface area (Å²) in [6.07, 6.45) is 11.3. The molecule has 0 aromatic heterocycles. The van der Waals surface area contributed by atoms with E-state index in [1.165, 1.54) is 64.5 Å². The molecule has 0 amide bonds. The van der Waals surface area contributed by atoms with Crippen LogP contribution in [-0.2, 0) is 9.47 Å². The number of fused-ring (bicyclic) bond motifs is 2. The van der Waals surface area contributed by atoms with Crippen molar-refractivity contribution < 1.29 is 9.47 Å². The van der Waals surface area contributed by atoms with Crippen molar-refractivity contribution in [2.45, 2.75) is 81.0 Å². The first-order valence-corrected chi connectivity index (χ1v) is 11.9. The number of thioether (sulfide) groups is 1. The average Bonchev–Trinajstić information content (AvgIpc) is 2.66. The van der Waals surface area contributed by atoms with Gasteiger partial charge in [-0.1, -0.05) is 11.1 Å². The molecule has 6 unspecified atom stereocenters. The van der Waals surface area contributed by atoms with Crippen LogP contribution in [0, 0.1) is 11.8 Å². The third-order valence-electron chi connectivity index (χ3n) is 7.33. The third-order valence-corrected chi connectivity index (χ3v) is 9.08. The van der Waals surface area contributed by atoms with Crippen molar-refractivity contribution in [2.75, 3.05) is 33.9 Å². The number of ether oxygens (including phenoxy) is 2. The molecule has 6 atom stereocenters. The maximum absolute atomic E-state index is 6.06. The van der Waals surface area contributed by atoms with Crippen molar-refractivity contribution in [3.05, 3.63) is 11.1 Å². The van der Waals surface area contributed by atoms with Gasteiger partial charge < -0.3 is 14.4 Å². The SMILES string of the molecule is CCOC1CCC2C(=C3CCN(C)CC3)C3C(OC)CCCC3SC2C1. The summed E-state index contributed by atoms with van der Waals surface area (Å²) in [5.74, 6) is 1.47. The largest absolute Gasteiger partial charge is 0.381 e. The summed E-state index contributed by atoms with van der Waals surface area (Å²) >= 11 is 2.31. The quantitative estimate of drug-likeness (QED) is 0.673. The molecule has 4 aliphatic rings. The minimum atomic E-state index is 0.453. The van der Waals surface area contributed by atoms with E-state index < -0.39 is 0 Å². The Bertz CT molecular complexity index is 512. The Morgan fingerprint density at radius 1 is 1.08 bits per heavy atom. The van der Waals surface area contributed by atoms with E-state index in [0.717, 1.165) is 23.0 Å². The summed E-state index contributed by atoms with van der Waals surface area (Å²) in [6, 6.07) is 0. The van der Waals surface area contributed by atoms with Gasteiger partial charge in [-0.2, -0.15) is 11.8 Å². The highest BCUT2D eigenvalue weighted by Gasteiger charge is 2.49. The second-order valence-corrected chi connectivity index (χ2v) is 10.3. The van der Waals surface area contributed by atoms with Crippen molar-refractivity contribution in [2.24, 2.45) is 11.8 Å².